The summed E-state index contributed by atoms with van der Waals surface area (Å²) in [5.74, 6) is -0.807. The second-order valence-electron chi connectivity index (χ2n) is 18.2. The molecule has 0 rings (SSSR count). The smallest absolute Gasteiger partial charge is 0.462 e. The Hall–Kier alpha value is -2.29. The first kappa shape index (κ1) is 60.7. The lowest BCUT2D eigenvalue weighted by Gasteiger charge is -2.24. The molecule has 2 unspecified atom stereocenters. The van der Waals surface area contributed by atoms with E-state index in [1.54, 1.807) is 0 Å². The normalized spacial score (nSPS) is 13.9. The maximum Gasteiger partial charge on any atom is 0.472 e. The molecule has 0 heterocycles. The highest BCUT2D eigenvalue weighted by molar-refractivity contribution is 7.47. The number of hydrogen-bond acceptors (Lipinski definition) is 7. The highest BCUT2D eigenvalue weighted by atomic mass is 31.2. The highest BCUT2D eigenvalue weighted by Crippen LogP contribution is 2.43. The van der Waals surface area contributed by atoms with Crippen molar-refractivity contribution >= 4 is 19.8 Å². The molecule has 0 aromatic rings. The van der Waals surface area contributed by atoms with E-state index in [1.165, 1.54) is 103 Å². The minimum Gasteiger partial charge on any atom is -0.462 e. The number of quaternary nitrogens is 1. The molecule has 0 aliphatic rings. The van der Waals surface area contributed by atoms with E-state index in [0.717, 1.165) is 77.0 Å². The van der Waals surface area contributed by atoms with Crippen molar-refractivity contribution in [3.63, 3.8) is 0 Å². The first-order valence-electron chi connectivity index (χ1n) is 25.5. The summed E-state index contributed by atoms with van der Waals surface area (Å²) in [6.07, 6.45) is 55.5. The number of carbonyl (C=O) groups is 2. The fraction of sp³-hybridized carbons (Fsp3) is 0.774. The van der Waals surface area contributed by atoms with Crippen molar-refractivity contribution in [3.05, 3.63) is 60.8 Å². The van der Waals surface area contributed by atoms with Gasteiger partial charge in [-0.15, -0.1) is 0 Å². The second-order valence-corrected chi connectivity index (χ2v) is 19.6. The molecule has 0 saturated carbocycles. The van der Waals surface area contributed by atoms with E-state index in [0.29, 0.717) is 17.4 Å². The summed E-state index contributed by atoms with van der Waals surface area (Å²) < 4.78 is 34.4. The number of phosphoric ester groups is 1. The molecule has 1 N–H and O–H groups in total. The van der Waals surface area contributed by atoms with Gasteiger partial charge in [-0.05, 0) is 57.8 Å². The lowest BCUT2D eigenvalue weighted by Crippen LogP contribution is -2.37. The molecule has 0 spiro atoms. The van der Waals surface area contributed by atoms with Gasteiger partial charge in [0.2, 0.25) is 0 Å². The highest BCUT2D eigenvalue weighted by Gasteiger charge is 2.27. The van der Waals surface area contributed by atoms with Gasteiger partial charge < -0.3 is 18.9 Å². The third kappa shape index (κ3) is 49.0. The fourth-order valence-electron chi connectivity index (χ4n) is 6.87. The van der Waals surface area contributed by atoms with Gasteiger partial charge in [0.15, 0.2) is 6.10 Å². The summed E-state index contributed by atoms with van der Waals surface area (Å²) in [5, 5.41) is 0. The first-order chi connectivity index (χ1) is 30.5. The molecule has 0 aromatic heterocycles. The number of hydrogen-bond donors (Lipinski definition) is 1. The van der Waals surface area contributed by atoms with Crippen LogP contribution in [0.25, 0.3) is 0 Å². The van der Waals surface area contributed by atoms with Gasteiger partial charge in [0.1, 0.15) is 19.8 Å². The summed E-state index contributed by atoms with van der Waals surface area (Å²) in [6.45, 7) is 4.32. The maximum absolute atomic E-state index is 12.8. The van der Waals surface area contributed by atoms with Crippen LogP contribution in [0.1, 0.15) is 213 Å². The molecule has 2 atom stereocenters. The third-order valence-electron chi connectivity index (χ3n) is 10.8. The van der Waals surface area contributed by atoms with Gasteiger partial charge in [-0.1, -0.05) is 203 Å². The van der Waals surface area contributed by atoms with Crippen molar-refractivity contribution in [2.24, 2.45) is 0 Å². The Balaban J connectivity index is 4.28. The van der Waals surface area contributed by atoms with Crippen molar-refractivity contribution in [2.45, 2.75) is 219 Å². The number of unbranched alkanes of at least 4 members (excludes halogenated alkanes) is 22. The van der Waals surface area contributed by atoms with Gasteiger partial charge in [-0.2, -0.15) is 0 Å². The number of carbonyl (C=O) groups excluding carboxylic acids is 2. The molecular formula is C53H97NO8P+. The van der Waals surface area contributed by atoms with Crippen molar-refractivity contribution in [3.8, 4) is 0 Å². The molecule has 0 saturated heterocycles. The molecular weight excluding hydrogens is 810 g/mol. The number of nitrogens with zero attached hydrogens (tertiary/aromatic N) is 1. The lowest BCUT2D eigenvalue weighted by molar-refractivity contribution is -0.870. The zero-order valence-corrected chi connectivity index (χ0v) is 42.2. The van der Waals surface area contributed by atoms with Crippen LogP contribution < -0.4 is 0 Å². The zero-order chi connectivity index (χ0) is 46.4. The SMILES string of the molecule is CC/C=C\C/C=C\C/C=C\C/C=C\C/C=C\CCCCCCCCCC(=O)OC(COC(=O)CCCCCCCCCCCCCCCCCC)COP(=O)(O)OCC[N+](C)(C)C. The quantitative estimate of drug-likeness (QED) is 0.0212. The summed E-state index contributed by atoms with van der Waals surface area (Å²) >= 11 is 0. The Bertz CT molecular complexity index is 1250. The molecule has 10 heteroatoms. The molecule has 0 aromatic carbocycles. The van der Waals surface area contributed by atoms with Gasteiger partial charge in [-0.3, -0.25) is 18.6 Å². The van der Waals surface area contributed by atoms with Crippen LogP contribution in [0.5, 0.6) is 0 Å². The topological polar surface area (TPSA) is 108 Å². The second kappa shape index (κ2) is 44.9. The molecule has 0 bridgehead atoms. The number of esters is 2. The fourth-order valence-corrected chi connectivity index (χ4v) is 7.61. The predicted octanol–water partition coefficient (Wildman–Crippen LogP) is 15.2. The van der Waals surface area contributed by atoms with Crippen LogP contribution in [0.2, 0.25) is 0 Å². The van der Waals surface area contributed by atoms with Crippen molar-refractivity contribution < 1.29 is 42.1 Å². The number of likely N-dealkylation sites (N-methyl/N-ethyl adjacent to an activating group) is 1. The average Bonchev–Trinajstić information content (AvgIpc) is 3.24. The van der Waals surface area contributed by atoms with Crippen LogP contribution in [0, 0.1) is 0 Å². The molecule has 63 heavy (non-hydrogen) atoms. The number of rotatable bonds is 46. The Morgan fingerprint density at radius 1 is 0.508 bits per heavy atom. The summed E-state index contributed by atoms with van der Waals surface area (Å²) in [5.41, 5.74) is 0. The molecule has 0 radical (unpaired) electrons. The van der Waals surface area contributed by atoms with Gasteiger partial charge >= 0.3 is 19.8 Å². The van der Waals surface area contributed by atoms with Crippen LogP contribution in [0.3, 0.4) is 0 Å². The largest absolute Gasteiger partial charge is 0.472 e. The van der Waals surface area contributed by atoms with Crippen LogP contribution in [0.15, 0.2) is 60.8 Å². The van der Waals surface area contributed by atoms with Crippen LogP contribution in [0.4, 0.5) is 0 Å². The number of phosphoric acid groups is 1. The van der Waals surface area contributed by atoms with Gasteiger partial charge in [0.25, 0.3) is 0 Å². The molecule has 0 amide bonds. The van der Waals surface area contributed by atoms with Crippen molar-refractivity contribution in [1.82, 2.24) is 0 Å². The summed E-state index contributed by atoms with van der Waals surface area (Å²) in [6, 6.07) is 0. The molecule has 366 valence electrons. The number of ether oxygens (including phenoxy) is 2. The Morgan fingerprint density at radius 3 is 1.35 bits per heavy atom. The standard InChI is InChI=1S/C53H96NO8P/c1-6-8-10-12-14-16-18-20-22-24-25-26-27-28-29-30-32-34-36-38-40-42-44-46-53(56)62-51(50-61-63(57,58)60-48-47-54(3,4)5)49-59-52(55)45-43-41-39-37-35-33-31-23-21-19-17-15-13-11-9-7-2/h8,10,14,16,20,22,25-26,28-29,51H,6-7,9,11-13,15,17-19,21,23-24,27,30-50H2,1-5H3/p+1/b10-8-,16-14-,22-20-,26-25-,29-28-. The van der Waals surface area contributed by atoms with E-state index in [-0.39, 0.29) is 32.0 Å². The first-order valence-corrected chi connectivity index (χ1v) is 27.0. The minimum absolute atomic E-state index is 0.0281. The van der Waals surface area contributed by atoms with E-state index in [2.05, 4.69) is 74.6 Å². The maximum atomic E-state index is 12.8. The molecule has 9 nitrogen and oxygen atoms in total. The zero-order valence-electron chi connectivity index (χ0n) is 41.3. The van der Waals surface area contributed by atoms with E-state index in [9.17, 15) is 19.0 Å². The van der Waals surface area contributed by atoms with E-state index < -0.39 is 26.5 Å². The molecule has 0 aliphatic heterocycles. The van der Waals surface area contributed by atoms with E-state index in [4.69, 9.17) is 18.5 Å². The molecule has 0 aliphatic carbocycles. The monoisotopic (exact) mass is 907 g/mol. The van der Waals surface area contributed by atoms with Crippen LogP contribution in [-0.2, 0) is 32.7 Å². The van der Waals surface area contributed by atoms with Crippen molar-refractivity contribution in [1.29, 1.82) is 0 Å². The van der Waals surface area contributed by atoms with E-state index in [1.807, 2.05) is 21.1 Å². The van der Waals surface area contributed by atoms with E-state index >= 15 is 0 Å². The minimum atomic E-state index is -4.38. The average molecular weight is 907 g/mol. The third-order valence-corrected chi connectivity index (χ3v) is 11.8. The number of allylic oxidation sites excluding steroid dienone is 10. The van der Waals surface area contributed by atoms with Crippen molar-refractivity contribution in [2.75, 3.05) is 47.5 Å². The Labute approximate surface area is 387 Å². The summed E-state index contributed by atoms with van der Waals surface area (Å²) in [7, 11) is 1.47. The lowest BCUT2D eigenvalue weighted by atomic mass is 10.0. The Morgan fingerprint density at radius 2 is 0.905 bits per heavy atom. The van der Waals surface area contributed by atoms with Gasteiger partial charge in [0, 0.05) is 12.8 Å². The predicted molar refractivity (Wildman–Crippen MR) is 266 cm³/mol. The summed E-state index contributed by atoms with van der Waals surface area (Å²) in [4.78, 5) is 35.5. The van der Waals surface area contributed by atoms with Crippen LogP contribution >= 0.6 is 7.82 Å². The van der Waals surface area contributed by atoms with Gasteiger partial charge in [0.05, 0.1) is 27.7 Å². The van der Waals surface area contributed by atoms with Crippen LogP contribution in [-0.4, -0.2) is 74.9 Å². The molecule has 0 fully saturated rings. The Kier molecular flexibility index (Phi) is 43.3. The van der Waals surface area contributed by atoms with Gasteiger partial charge in [-0.25, -0.2) is 4.57 Å².